The molecule has 0 N–H and O–H groups in total. The number of rotatable bonds is 3. The summed E-state index contributed by atoms with van der Waals surface area (Å²) in [7, 11) is 0. The molecule has 0 fully saturated rings. The van der Waals surface area contributed by atoms with E-state index in [1.165, 1.54) is 0 Å². The second-order valence-corrected chi connectivity index (χ2v) is 12.6. The zero-order valence-electron chi connectivity index (χ0n) is 22.2. The highest BCUT2D eigenvalue weighted by atomic mass is 79.9. The summed E-state index contributed by atoms with van der Waals surface area (Å²) in [6.07, 6.45) is 0. The fraction of sp³-hybridized carbons (Fsp3) is 0.0294. The van der Waals surface area contributed by atoms with E-state index in [0.717, 1.165) is 36.9 Å². The topological polar surface area (TPSA) is 59.7 Å². The van der Waals surface area contributed by atoms with Gasteiger partial charge in [0.2, 0.25) is 0 Å². The molecular weight excluding hydrogens is 692 g/mol. The number of benzene rings is 5. The number of para-hydroxylation sites is 1. The van der Waals surface area contributed by atoms with E-state index >= 15 is 0 Å². The predicted molar refractivity (Wildman–Crippen MR) is 177 cm³/mol. The Morgan fingerprint density at radius 1 is 0.744 bits per heavy atom. The average Bonchev–Trinajstić information content (AvgIpc) is 3.55. The van der Waals surface area contributed by atoms with Crippen LogP contribution in [0.2, 0.25) is 5.02 Å². The lowest BCUT2D eigenvalue weighted by atomic mass is 9.95. The Bertz CT molecular complexity index is 2160. The van der Waals surface area contributed by atoms with Gasteiger partial charge in [0, 0.05) is 25.2 Å². The third kappa shape index (κ3) is 4.01. The van der Waals surface area contributed by atoms with Crippen LogP contribution in [0.1, 0.15) is 17.0 Å². The summed E-state index contributed by atoms with van der Waals surface area (Å²) in [5.74, 6) is 0.996. The Morgan fingerprint density at radius 3 is 2.12 bits per heavy atom. The summed E-state index contributed by atoms with van der Waals surface area (Å²) in [6.45, 7) is 0. The van der Waals surface area contributed by atoms with E-state index in [0.29, 0.717) is 33.3 Å². The highest BCUT2D eigenvalue weighted by molar-refractivity contribution is 9.10. The molecule has 1 unspecified atom stereocenters. The molecular formula is C34H19Br2ClN4O2. The van der Waals surface area contributed by atoms with Crippen molar-refractivity contribution in [3.8, 4) is 16.8 Å². The first-order chi connectivity index (χ1) is 20.9. The van der Waals surface area contributed by atoms with Crippen LogP contribution in [0.15, 0.2) is 134 Å². The molecule has 6 nitrogen and oxygen atoms in total. The van der Waals surface area contributed by atoms with Crippen molar-refractivity contribution in [3.63, 3.8) is 0 Å². The van der Waals surface area contributed by atoms with Crippen LogP contribution >= 0.6 is 43.5 Å². The standard InChI is InChI=1S/C34H19Br2ClN4O2/c35-23-10-5-20(6-11-23)22-9-18-30-28(19-22)34(33-38-29-4-2-1-3-27(29)32(42)40(30)33)41(26-16-14-25(37)15-17-26)31(39-43-34)21-7-12-24(36)13-8-21/h1-19H. The molecule has 1 spiro atoms. The number of anilines is 1. The molecule has 1 atom stereocenters. The van der Waals surface area contributed by atoms with Crippen LogP contribution < -0.4 is 10.5 Å². The van der Waals surface area contributed by atoms with Crippen LogP contribution in [0, 0.1) is 0 Å². The van der Waals surface area contributed by atoms with E-state index < -0.39 is 5.72 Å². The third-order valence-electron chi connectivity index (χ3n) is 7.84. The Hall–Kier alpha value is -4.24. The molecule has 2 aliphatic rings. The van der Waals surface area contributed by atoms with Gasteiger partial charge in [0.05, 0.1) is 22.2 Å². The summed E-state index contributed by atoms with van der Waals surface area (Å²) < 4.78 is 3.59. The number of hydrogen-bond acceptors (Lipinski definition) is 5. The SMILES string of the molecule is O=c1c2ccccc2nc2n1-c1ccc(-c3ccc(Br)cc3)cc1C21ON=C(c2ccc(Br)cc2)N1c1ccc(Cl)cc1. The van der Waals surface area contributed by atoms with Crippen molar-refractivity contribution in [3.05, 3.63) is 157 Å². The minimum absolute atomic E-state index is 0.174. The largest absolute Gasteiger partial charge is 0.351 e. The summed E-state index contributed by atoms with van der Waals surface area (Å²) in [5.41, 5.74) is 4.05. The van der Waals surface area contributed by atoms with Crippen molar-refractivity contribution < 1.29 is 4.84 Å². The van der Waals surface area contributed by atoms with Crippen molar-refractivity contribution in [2.45, 2.75) is 5.72 Å². The van der Waals surface area contributed by atoms with Gasteiger partial charge in [-0.25, -0.2) is 4.98 Å². The van der Waals surface area contributed by atoms with Crippen molar-refractivity contribution in [2.75, 3.05) is 4.90 Å². The summed E-state index contributed by atoms with van der Waals surface area (Å²) >= 11 is 13.4. The van der Waals surface area contributed by atoms with Gasteiger partial charge in [-0.05, 0) is 83.9 Å². The van der Waals surface area contributed by atoms with Gasteiger partial charge in [-0.1, -0.05) is 91.1 Å². The maximum atomic E-state index is 14.2. The maximum absolute atomic E-state index is 14.2. The monoisotopic (exact) mass is 708 g/mol. The number of nitrogens with zero attached hydrogens (tertiary/aromatic N) is 4. The molecule has 3 heterocycles. The first-order valence-electron chi connectivity index (χ1n) is 13.4. The van der Waals surface area contributed by atoms with Gasteiger partial charge in [0.15, 0.2) is 11.7 Å². The zero-order valence-corrected chi connectivity index (χ0v) is 26.1. The highest BCUT2D eigenvalue weighted by Gasteiger charge is 2.59. The van der Waals surface area contributed by atoms with E-state index in [2.05, 4.69) is 50.1 Å². The Labute approximate surface area is 268 Å². The van der Waals surface area contributed by atoms with E-state index in [1.54, 1.807) is 10.6 Å². The first-order valence-corrected chi connectivity index (χ1v) is 15.4. The number of fused-ring (bicyclic) bond motifs is 6. The van der Waals surface area contributed by atoms with Crippen LogP contribution in [0.4, 0.5) is 5.69 Å². The van der Waals surface area contributed by atoms with Crippen LogP contribution in [-0.4, -0.2) is 15.4 Å². The van der Waals surface area contributed by atoms with Gasteiger partial charge in [0.25, 0.3) is 5.56 Å². The summed E-state index contributed by atoms with van der Waals surface area (Å²) in [4.78, 5) is 27.9. The number of halogens is 3. The lowest BCUT2D eigenvalue weighted by Gasteiger charge is -2.34. The van der Waals surface area contributed by atoms with Crippen molar-refractivity contribution in [1.82, 2.24) is 9.55 Å². The number of amidine groups is 1. The summed E-state index contributed by atoms with van der Waals surface area (Å²) in [6, 6.07) is 36.9. The number of hydrogen-bond donors (Lipinski definition) is 0. The van der Waals surface area contributed by atoms with Crippen LogP contribution in [0.3, 0.4) is 0 Å². The van der Waals surface area contributed by atoms with Gasteiger partial charge < -0.3 is 4.84 Å². The Kier molecular flexibility index (Phi) is 6.08. The van der Waals surface area contributed by atoms with Gasteiger partial charge in [-0.2, -0.15) is 0 Å². The molecule has 9 heteroatoms. The Morgan fingerprint density at radius 2 is 1.40 bits per heavy atom. The van der Waals surface area contributed by atoms with Gasteiger partial charge in [-0.3, -0.25) is 14.3 Å². The molecule has 0 saturated carbocycles. The molecule has 0 bridgehead atoms. The average molecular weight is 711 g/mol. The minimum atomic E-state index is -1.39. The molecule has 0 radical (unpaired) electrons. The first kappa shape index (κ1) is 26.4. The van der Waals surface area contributed by atoms with Crippen LogP contribution in [0.25, 0.3) is 27.7 Å². The van der Waals surface area contributed by atoms with Gasteiger partial charge in [-0.15, -0.1) is 0 Å². The zero-order chi connectivity index (χ0) is 29.3. The van der Waals surface area contributed by atoms with Gasteiger partial charge in [0.1, 0.15) is 0 Å². The highest BCUT2D eigenvalue weighted by Crippen LogP contribution is 2.51. The molecule has 0 saturated heterocycles. The molecule has 6 aromatic rings. The predicted octanol–water partition coefficient (Wildman–Crippen LogP) is 8.64. The molecule has 1 aromatic heterocycles. The fourth-order valence-electron chi connectivity index (χ4n) is 5.85. The normalized spacial score (nSPS) is 16.7. The quantitative estimate of drug-likeness (QED) is 0.185. The summed E-state index contributed by atoms with van der Waals surface area (Å²) in [5, 5.41) is 5.83. The molecule has 0 amide bonds. The lowest BCUT2D eigenvalue weighted by molar-refractivity contribution is 0.0102. The van der Waals surface area contributed by atoms with E-state index in [-0.39, 0.29) is 5.56 Å². The molecule has 0 aliphatic carbocycles. The van der Waals surface area contributed by atoms with Gasteiger partial charge >= 0.3 is 5.72 Å². The molecule has 208 valence electrons. The fourth-order valence-corrected chi connectivity index (χ4v) is 6.51. The van der Waals surface area contributed by atoms with E-state index in [4.69, 9.17) is 26.6 Å². The van der Waals surface area contributed by atoms with Crippen molar-refractivity contribution in [2.24, 2.45) is 5.16 Å². The van der Waals surface area contributed by atoms with E-state index in [9.17, 15) is 4.79 Å². The smallest absolute Gasteiger partial charge is 0.302 e. The van der Waals surface area contributed by atoms with Crippen LogP contribution in [0.5, 0.6) is 0 Å². The minimum Gasteiger partial charge on any atom is -0.351 e. The number of oxime groups is 1. The van der Waals surface area contributed by atoms with Crippen LogP contribution in [-0.2, 0) is 10.6 Å². The molecule has 5 aromatic carbocycles. The lowest BCUT2D eigenvalue weighted by Crippen LogP contribution is -2.48. The third-order valence-corrected chi connectivity index (χ3v) is 9.15. The second-order valence-electron chi connectivity index (χ2n) is 10.3. The second kappa shape index (κ2) is 9.91. The maximum Gasteiger partial charge on any atom is 0.302 e. The Balaban J connectivity index is 1.46. The number of aromatic nitrogens is 2. The van der Waals surface area contributed by atoms with Crippen molar-refractivity contribution in [1.29, 1.82) is 0 Å². The molecule has 8 rings (SSSR count). The van der Waals surface area contributed by atoms with Crippen molar-refractivity contribution >= 4 is 65.9 Å². The molecule has 43 heavy (non-hydrogen) atoms. The molecule has 2 aliphatic heterocycles. The van der Waals surface area contributed by atoms with E-state index in [1.807, 2.05) is 95.9 Å².